The molecule has 0 spiro atoms. The fourth-order valence-corrected chi connectivity index (χ4v) is 2.60. The number of hydrogen-bond acceptors (Lipinski definition) is 2. The number of benzene rings is 2. The van der Waals surface area contributed by atoms with Gasteiger partial charge in [-0.2, -0.15) is 0 Å². The van der Waals surface area contributed by atoms with Crippen molar-refractivity contribution in [3.8, 4) is 5.75 Å². The Morgan fingerprint density at radius 2 is 1.95 bits per heavy atom. The molecule has 2 aromatic rings. The van der Waals surface area contributed by atoms with Gasteiger partial charge in [0.05, 0.1) is 7.11 Å². The third-order valence-corrected chi connectivity index (χ3v) is 3.91. The lowest BCUT2D eigenvalue weighted by atomic mass is 10.0. The Bertz CT molecular complexity index is 609. The zero-order valence-corrected chi connectivity index (χ0v) is 13.5. The molecule has 0 amide bonds. The molecule has 2 nitrogen and oxygen atoms in total. The van der Waals surface area contributed by atoms with Gasteiger partial charge in [-0.1, -0.05) is 44.0 Å². The standard InChI is InChI=1S/C15H12Br2O2/c1-19-12-4-2-3-10(7-12)8-15(18)13-9-11(16)5-6-14(13)17/h2-7,9H,8H2,1H3. The van der Waals surface area contributed by atoms with Crippen molar-refractivity contribution in [3.05, 3.63) is 62.5 Å². The van der Waals surface area contributed by atoms with E-state index in [1.54, 1.807) is 7.11 Å². The highest BCUT2D eigenvalue weighted by Gasteiger charge is 2.11. The van der Waals surface area contributed by atoms with Gasteiger partial charge in [0.1, 0.15) is 5.75 Å². The van der Waals surface area contributed by atoms with Crippen LogP contribution in [-0.2, 0) is 6.42 Å². The Balaban J connectivity index is 2.23. The Kier molecular flexibility index (Phi) is 4.77. The molecule has 19 heavy (non-hydrogen) atoms. The maximum absolute atomic E-state index is 12.3. The van der Waals surface area contributed by atoms with Gasteiger partial charge in [0.15, 0.2) is 5.78 Å². The van der Waals surface area contributed by atoms with E-state index in [1.807, 2.05) is 42.5 Å². The maximum Gasteiger partial charge on any atom is 0.168 e. The number of ketones is 1. The molecule has 4 heteroatoms. The van der Waals surface area contributed by atoms with Crippen LogP contribution in [0.1, 0.15) is 15.9 Å². The molecule has 0 aromatic heterocycles. The molecular formula is C15H12Br2O2. The molecule has 0 saturated carbocycles. The van der Waals surface area contributed by atoms with Gasteiger partial charge in [0.2, 0.25) is 0 Å². The molecule has 0 unspecified atom stereocenters. The number of halogens is 2. The summed E-state index contributed by atoms with van der Waals surface area (Å²) in [7, 11) is 1.62. The SMILES string of the molecule is COc1cccc(CC(=O)c2cc(Br)ccc2Br)c1. The molecule has 2 aromatic carbocycles. The topological polar surface area (TPSA) is 26.3 Å². The third-order valence-electron chi connectivity index (χ3n) is 2.73. The molecule has 0 aliphatic rings. The minimum absolute atomic E-state index is 0.0708. The van der Waals surface area contributed by atoms with Gasteiger partial charge < -0.3 is 4.74 Å². The van der Waals surface area contributed by atoms with Gasteiger partial charge in [-0.05, 0) is 35.9 Å². The van der Waals surface area contributed by atoms with Gasteiger partial charge in [0, 0.05) is 20.9 Å². The molecular weight excluding hydrogens is 372 g/mol. The predicted octanol–water partition coefficient (Wildman–Crippen LogP) is 4.65. The summed E-state index contributed by atoms with van der Waals surface area (Å²) in [5.41, 5.74) is 1.62. The van der Waals surface area contributed by atoms with Crippen LogP contribution < -0.4 is 4.74 Å². The fraction of sp³-hybridized carbons (Fsp3) is 0.133. The number of methoxy groups -OCH3 is 1. The summed E-state index contributed by atoms with van der Waals surface area (Å²) in [5.74, 6) is 0.833. The summed E-state index contributed by atoms with van der Waals surface area (Å²) in [6.07, 6.45) is 0.353. The molecule has 0 N–H and O–H groups in total. The van der Waals surface area contributed by atoms with Gasteiger partial charge in [0.25, 0.3) is 0 Å². The zero-order chi connectivity index (χ0) is 13.8. The number of Topliss-reactive ketones (excluding diaryl/α,β-unsaturated/α-hetero) is 1. The Morgan fingerprint density at radius 3 is 2.68 bits per heavy atom. The third kappa shape index (κ3) is 3.67. The second-order valence-electron chi connectivity index (χ2n) is 4.08. The first-order valence-corrected chi connectivity index (χ1v) is 7.30. The van der Waals surface area contributed by atoms with Crippen molar-refractivity contribution in [1.82, 2.24) is 0 Å². The lowest BCUT2D eigenvalue weighted by Crippen LogP contribution is -2.04. The zero-order valence-electron chi connectivity index (χ0n) is 10.3. The summed E-state index contributed by atoms with van der Waals surface area (Å²) in [5, 5.41) is 0. The summed E-state index contributed by atoms with van der Waals surface area (Å²) < 4.78 is 6.86. The van der Waals surface area contributed by atoms with Crippen LogP contribution >= 0.6 is 31.9 Å². The van der Waals surface area contributed by atoms with Crippen LogP contribution in [0.4, 0.5) is 0 Å². The first-order chi connectivity index (χ1) is 9.10. The van der Waals surface area contributed by atoms with Crippen molar-refractivity contribution in [2.45, 2.75) is 6.42 Å². The molecule has 0 bridgehead atoms. The largest absolute Gasteiger partial charge is 0.497 e. The van der Waals surface area contributed by atoms with E-state index in [1.165, 1.54) is 0 Å². The van der Waals surface area contributed by atoms with Crippen molar-refractivity contribution < 1.29 is 9.53 Å². The van der Waals surface area contributed by atoms with Crippen LogP contribution in [-0.4, -0.2) is 12.9 Å². The lowest BCUT2D eigenvalue weighted by Gasteiger charge is -2.06. The second kappa shape index (κ2) is 6.35. The van der Waals surface area contributed by atoms with E-state index in [0.29, 0.717) is 12.0 Å². The van der Waals surface area contributed by atoms with E-state index >= 15 is 0 Å². The molecule has 0 radical (unpaired) electrons. The Morgan fingerprint density at radius 1 is 1.16 bits per heavy atom. The molecule has 0 atom stereocenters. The highest BCUT2D eigenvalue weighted by molar-refractivity contribution is 9.11. The van der Waals surface area contributed by atoms with Crippen LogP contribution in [0, 0.1) is 0 Å². The minimum atomic E-state index is 0.0708. The summed E-state index contributed by atoms with van der Waals surface area (Å²) in [6.45, 7) is 0. The van der Waals surface area contributed by atoms with Crippen molar-refractivity contribution >= 4 is 37.6 Å². The monoisotopic (exact) mass is 382 g/mol. The number of rotatable bonds is 4. The molecule has 2 rings (SSSR count). The minimum Gasteiger partial charge on any atom is -0.497 e. The van der Waals surface area contributed by atoms with Crippen molar-refractivity contribution in [2.24, 2.45) is 0 Å². The van der Waals surface area contributed by atoms with Crippen LogP contribution in [0.15, 0.2) is 51.4 Å². The Hall–Kier alpha value is -1.13. The highest BCUT2D eigenvalue weighted by Crippen LogP contribution is 2.23. The average Bonchev–Trinajstić information content (AvgIpc) is 2.41. The van der Waals surface area contributed by atoms with Crippen molar-refractivity contribution in [2.75, 3.05) is 7.11 Å². The summed E-state index contributed by atoms with van der Waals surface area (Å²) in [6, 6.07) is 13.1. The second-order valence-corrected chi connectivity index (χ2v) is 5.85. The summed E-state index contributed by atoms with van der Waals surface area (Å²) >= 11 is 6.79. The molecule has 0 heterocycles. The van der Waals surface area contributed by atoms with E-state index < -0.39 is 0 Å². The van der Waals surface area contributed by atoms with Gasteiger partial charge in [-0.3, -0.25) is 4.79 Å². The smallest absolute Gasteiger partial charge is 0.168 e. The van der Waals surface area contributed by atoms with Crippen LogP contribution in [0.25, 0.3) is 0 Å². The lowest BCUT2D eigenvalue weighted by molar-refractivity contribution is 0.0992. The number of carbonyl (C=O) groups excluding carboxylic acids is 1. The van der Waals surface area contributed by atoms with Crippen LogP contribution in [0.5, 0.6) is 5.75 Å². The maximum atomic E-state index is 12.3. The molecule has 0 aliphatic heterocycles. The number of ether oxygens (including phenoxy) is 1. The van der Waals surface area contributed by atoms with Gasteiger partial charge in [-0.15, -0.1) is 0 Å². The molecule has 0 saturated heterocycles. The van der Waals surface area contributed by atoms with E-state index in [4.69, 9.17) is 4.74 Å². The average molecular weight is 384 g/mol. The highest BCUT2D eigenvalue weighted by atomic mass is 79.9. The normalized spacial score (nSPS) is 10.3. The van der Waals surface area contributed by atoms with Crippen LogP contribution in [0.3, 0.4) is 0 Å². The predicted molar refractivity (Wildman–Crippen MR) is 82.9 cm³/mol. The van der Waals surface area contributed by atoms with E-state index in [-0.39, 0.29) is 5.78 Å². The van der Waals surface area contributed by atoms with Crippen molar-refractivity contribution in [3.63, 3.8) is 0 Å². The first kappa shape index (κ1) is 14.3. The number of carbonyl (C=O) groups is 1. The molecule has 0 fully saturated rings. The van der Waals surface area contributed by atoms with Crippen LogP contribution in [0.2, 0.25) is 0 Å². The molecule has 0 aliphatic carbocycles. The summed E-state index contributed by atoms with van der Waals surface area (Å²) in [4.78, 5) is 12.3. The van der Waals surface area contributed by atoms with Crippen molar-refractivity contribution in [1.29, 1.82) is 0 Å². The quantitative estimate of drug-likeness (QED) is 0.718. The Labute approximate surface area is 129 Å². The first-order valence-electron chi connectivity index (χ1n) is 5.71. The van der Waals surface area contributed by atoms with E-state index in [0.717, 1.165) is 20.3 Å². The van der Waals surface area contributed by atoms with Gasteiger partial charge in [-0.25, -0.2) is 0 Å². The molecule has 98 valence electrons. The fourth-order valence-electron chi connectivity index (χ4n) is 1.77. The van der Waals surface area contributed by atoms with Gasteiger partial charge >= 0.3 is 0 Å². The van der Waals surface area contributed by atoms with E-state index in [2.05, 4.69) is 31.9 Å². The van der Waals surface area contributed by atoms with E-state index in [9.17, 15) is 4.79 Å². The number of hydrogen-bond donors (Lipinski definition) is 0.